The van der Waals surface area contributed by atoms with Gasteiger partial charge in [-0.1, -0.05) is 19.9 Å². The van der Waals surface area contributed by atoms with Crippen molar-refractivity contribution in [3.63, 3.8) is 0 Å². The summed E-state index contributed by atoms with van der Waals surface area (Å²) in [5.41, 5.74) is 4.41. The highest BCUT2D eigenvalue weighted by Gasteiger charge is 2.34. The van der Waals surface area contributed by atoms with Gasteiger partial charge in [0, 0.05) is 30.7 Å². The SMILES string of the molecule is Cc1ccc2n1CCN(C(=O)c1cc(-c3ccccn3)n[nH]1)[C@@H]2C(C)C. The van der Waals surface area contributed by atoms with Crippen LogP contribution >= 0.6 is 0 Å². The van der Waals surface area contributed by atoms with Crippen molar-refractivity contribution in [2.75, 3.05) is 6.54 Å². The van der Waals surface area contributed by atoms with E-state index in [1.165, 1.54) is 11.4 Å². The standard InChI is InChI=1S/C20H23N5O/c1-13(2)19-18-8-7-14(3)24(18)10-11-25(19)20(26)17-12-16(22-23-17)15-6-4-5-9-21-15/h4-9,12-13,19H,10-11H2,1-3H3,(H,22,23)/t19-/m1/s1. The Morgan fingerprint density at radius 3 is 2.77 bits per heavy atom. The summed E-state index contributed by atoms with van der Waals surface area (Å²) in [5, 5.41) is 7.18. The molecule has 0 unspecified atom stereocenters. The van der Waals surface area contributed by atoms with Crippen LogP contribution in [-0.4, -0.2) is 37.1 Å². The van der Waals surface area contributed by atoms with Crippen LogP contribution in [0.4, 0.5) is 0 Å². The quantitative estimate of drug-likeness (QED) is 0.788. The zero-order valence-electron chi connectivity index (χ0n) is 15.3. The van der Waals surface area contributed by atoms with Crippen LogP contribution in [0.1, 0.15) is 41.8 Å². The maximum atomic E-state index is 13.2. The van der Waals surface area contributed by atoms with E-state index in [0.29, 0.717) is 23.9 Å². The van der Waals surface area contributed by atoms with Gasteiger partial charge in [-0.2, -0.15) is 5.10 Å². The van der Waals surface area contributed by atoms with E-state index >= 15 is 0 Å². The lowest BCUT2D eigenvalue weighted by atomic mass is 9.96. The third-order valence-corrected chi connectivity index (χ3v) is 5.06. The fourth-order valence-electron chi connectivity index (χ4n) is 3.82. The Labute approximate surface area is 152 Å². The number of pyridine rings is 1. The van der Waals surface area contributed by atoms with Crippen LogP contribution in [0.15, 0.2) is 42.6 Å². The molecule has 1 amide bonds. The van der Waals surface area contributed by atoms with Gasteiger partial charge >= 0.3 is 0 Å². The molecule has 26 heavy (non-hydrogen) atoms. The zero-order chi connectivity index (χ0) is 18.3. The molecule has 6 nitrogen and oxygen atoms in total. The number of amides is 1. The van der Waals surface area contributed by atoms with Gasteiger partial charge in [-0.15, -0.1) is 0 Å². The zero-order valence-corrected chi connectivity index (χ0v) is 15.3. The number of rotatable bonds is 3. The van der Waals surface area contributed by atoms with Gasteiger partial charge in [0.15, 0.2) is 0 Å². The van der Waals surface area contributed by atoms with E-state index in [-0.39, 0.29) is 11.9 Å². The largest absolute Gasteiger partial charge is 0.345 e. The second-order valence-corrected chi connectivity index (χ2v) is 7.12. The Hall–Kier alpha value is -2.89. The van der Waals surface area contributed by atoms with E-state index in [0.717, 1.165) is 12.2 Å². The molecule has 0 radical (unpaired) electrons. The van der Waals surface area contributed by atoms with Crippen LogP contribution in [0.25, 0.3) is 11.4 Å². The van der Waals surface area contributed by atoms with Crippen molar-refractivity contribution < 1.29 is 4.79 Å². The van der Waals surface area contributed by atoms with E-state index in [4.69, 9.17) is 0 Å². The Morgan fingerprint density at radius 1 is 1.19 bits per heavy atom. The summed E-state index contributed by atoms with van der Waals surface area (Å²) in [6, 6.07) is 11.8. The topological polar surface area (TPSA) is 66.8 Å². The lowest BCUT2D eigenvalue weighted by Gasteiger charge is -2.39. The summed E-state index contributed by atoms with van der Waals surface area (Å²) in [6.45, 7) is 7.96. The van der Waals surface area contributed by atoms with Gasteiger partial charge in [0.25, 0.3) is 5.91 Å². The predicted octanol–water partition coefficient (Wildman–Crippen LogP) is 3.43. The monoisotopic (exact) mass is 349 g/mol. The van der Waals surface area contributed by atoms with Crippen molar-refractivity contribution in [3.8, 4) is 11.4 Å². The fraction of sp³-hybridized carbons (Fsp3) is 0.350. The molecule has 0 bridgehead atoms. The minimum atomic E-state index is -0.0107. The molecule has 1 N–H and O–H groups in total. The fourth-order valence-corrected chi connectivity index (χ4v) is 3.82. The highest BCUT2D eigenvalue weighted by molar-refractivity contribution is 5.93. The number of carbonyl (C=O) groups is 1. The molecular weight excluding hydrogens is 326 g/mol. The Balaban J connectivity index is 1.65. The van der Waals surface area contributed by atoms with Gasteiger partial charge in [-0.05, 0) is 43.2 Å². The van der Waals surface area contributed by atoms with E-state index in [2.05, 4.69) is 52.7 Å². The second-order valence-electron chi connectivity index (χ2n) is 7.12. The van der Waals surface area contributed by atoms with Crippen LogP contribution in [0.2, 0.25) is 0 Å². The summed E-state index contributed by atoms with van der Waals surface area (Å²) < 4.78 is 2.32. The summed E-state index contributed by atoms with van der Waals surface area (Å²) in [6.07, 6.45) is 1.72. The number of nitrogens with zero attached hydrogens (tertiary/aromatic N) is 4. The number of hydrogen-bond acceptors (Lipinski definition) is 3. The van der Waals surface area contributed by atoms with Crippen molar-refractivity contribution >= 4 is 5.91 Å². The number of aromatic amines is 1. The minimum absolute atomic E-state index is 0.0107. The molecule has 0 saturated heterocycles. The minimum Gasteiger partial charge on any atom is -0.345 e. The van der Waals surface area contributed by atoms with Crippen LogP contribution in [-0.2, 0) is 6.54 Å². The van der Waals surface area contributed by atoms with Crippen LogP contribution in [0.3, 0.4) is 0 Å². The Bertz CT molecular complexity index is 925. The predicted molar refractivity (Wildman–Crippen MR) is 99.6 cm³/mol. The van der Waals surface area contributed by atoms with E-state index in [9.17, 15) is 4.79 Å². The van der Waals surface area contributed by atoms with E-state index in [1.54, 1.807) is 12.3 Å². The second kappa shape index (κ2) is 6.44. The number of carbonyl (C=O) groups excluding carboxylic acids is 1. The maximum Gasteiger partial charge on any atom is 0.272 e. The number of aryl methyl sites for hydroxylation is 1. The molecule has 0 aromatic carbocycles. The first kappa shape index (κ1) is 16.6. The van der Waals surface area contributed by atoms with Gasteiger partial charge in [-0.25, -0.2) is 0 Å². The molecule has 0 fully saturated rings. The number of fused-ring (bicyclic) bond motifs is 1. The first-order valence-electron chi connectivity index (χ1n) is 9.00. The maximum absolute atomic E-state index is 13.2. The van der Waals surface area contributed by atoms with Gasteiger partial charge in [-0.3, -0.25) is 14.9 Å². The molecule has 4 rings (SSSR count). The molecule has 4 heterocycles. The first-order chi connectivity index (χ1) is 12.6. The van der Waals surface area contributed by atoms with Crippen molar-refractivity contribution in [2.45, 2.75) is 33.4 Å². The number of hydrogen-bond donors (Lipinski definition) is 1. The van der Waals surface area contributed by atoms with Gasteiger partial charge < -0.3 is 9.47 Å². The molecule has 3 aromatic rings. The Morgan fingerprint density at radius 2 is 2.04 bits per heavy atom. The molecule has 1 aliphatic rings. The average molecular weight is 349 g/mol. The van der Waals surface area contributed by atoms with E-state index < -0.39 is 0 Å². The molecule has 1 atom stereocenters. The molecule has 0 spiro atoms. The lowest BCUT2D eigenvalue weighted by Crippen LogP contribution is -2.44. The number of H-pyrrole nitrogens is 1. The highest BCUT2D eigenvalue weighted by Crippen LogP contribution is 2.34. The molecule has 3 aromatic heterocycles. The van der Waals surface area contributed by atoms with Gasteiger partial charge in [0.1, 0.15) is 11.4 Å². The third kappa shape index (κ3) is 2.71. The van der Waals surface area contributed by atoms with Crippen LogP contribution in [0, 0.1) is 12.8 Å². The lowest BCUT2D eigenvalue weighted by molar-refractivity contribution is 0.0548. The van der Waals surface area contributed by atoms with Crippen molar-refractivity contribution in [2.24, 2.45) is 5.92 Å². The molecule has 6 heteroatoms. The van der Waals surface area contributed by atoms with Crippen LogP contribution in [0.5, 0.6) is 0 Å². The first-order valence-corrected chi connectivity index (χ1v) is 9.00. The van der Waals surface area contributed by atoms with Gasteiger partial charge in [0.2, 0.25) is 0 Å². The summed E-state index contributed by atoms with van der Waals surface area (Å²) in [7, 11) is 0. The van der Waals surface area contributed by atoms with Crippen molar-refractivity contribution in [1.29, 1.82) is 0 Å². The smallest absolute Gasteiger partial charge is 0.272 e. The highest BCUT2D eigenvalue weighted by atomic mass is 16.2. The van der Waals surface area contributed by atoms with Crippen molar-refractivity contribution in [3.05, 3.63) is 59.7 Å². The van der Waals surface area contributed by atoms with E-state index in [1.807, 2.05) is 23.1 Å². The number of nitrogens with one attached hydrogen (secondary N) is 1. The van der Waals surface area contributed by atoms with Crippen LogP contribution < -0.4 is 0 Å². The number of aromatic nitrogens is 4. The van der Waals surface area contributed by atoms with Gasteiger partial charge in [0.05, 0.1) is 11.7 Å². The Kier molecular flexibility index (Phi) is 4.11. The molecular formula is C20H23N5O. The van der Waals surface area contributed by atoms with Crippen molar-refractivity contribution in [1.82, 2.24) is 24.6 Å². The molecule has 0 saturated carbocycles. The molecule has 134 valence electrons. The molecule has 1 aliphatic heterocycles. The normalized spacial score (nSPS) is 16.8. The molecule has 0 aliphatic carbocycles. The summed E-state index contributed by atoms with van der Waals surface area (Å²) in [4.78, 5) is 19.5. The summed E-state index contributed by atoms with van der Waals surface area (Å²) in [5.74, 6) is 0.314. The average Bonchev–Trinajstić information content (AvgIpc) is 3.28. The summed E-state index contributed by atoms with van der Waals surface area (Å²) >= 11 is 0. The third-order valence-electron chi connectivity index (χ3n) is 5.06.